The van der Waals surface area contributed by atoms with E-state index in [0.717, 1.165) is 42.9 Å². The number of hydrogen-bond acceptors (Lipinski definition) is 5. The summed E-state index contributed by atoms with van der Waals surface area (Å²) in [5, 5.41) is 4.46. The molecule has 1 saturated heterocycles. The highest BCUT2D eigenvalue weighted by molar-refractivity contribution is 8.14. The molecule has 20 heavy (non-hydrogen) atoms. The third-order valence-electron chi connectivity index (χ3n) is 3.61. The van der Waals surface area contributed by atoms with Gasteiger partial charge in [0.05, 0.1) is 19.3 Å². The molecule has 1 aromatic carbocycles. The molecule has 1 aromatic rings. The average molecular weight is 291 g/mol. The molecule has 5 heteroatoms. The highest BCUT2D eigenvalue weighted by Gasteiger charge is 2.13. The summed E-state index contributed by atoms with van der Waals surface area (Å²) >= 11 is 1.81. The second kappa shape index (κ2) is 6.50. The molecule has 1 atom stereocenters. The van der Waals surface area contributed by atoms with Crippen LogP contribution in [-0.4, -0.2) is 43.3 Å². The maximum Gasteiger partial charge on any atom is 0.161 e. The summed E-state index contributed by atoms with van der Waals surface area (Å²) in [7, 11) is 0. The number of nitrogens with one attached hydrogen (secondary N) is 1. The Hall–Kier alpha value is -1.20. The summed E-state index contributed by atoms with van der Waals surface area (Å²) in [6.07, 6.45) is 1.17. The Bertz CT molecular complexity index is 469. The average Bonchev–Trinajstić information content (AvgIpc) is 2.49. The number of rotatable bonds is 2. The monoisotopic (exact) mass is 291 g/mol. The molecule has 0 amide bonds. The van der Waals surface area contributed by atoms with E-state index in [2.05, 4.69) is 46.4 Å². The predicted octanol–water partition coefficient (Wildman–Crippen LogP) is 2.82. The molecule has 1 fully saturated rings. The second-order valence-electron chi connectivity index (χ2n) is 5.19. The van der Waals surface area contributed by atoms with Crippen LogP contribution in [0.15, 0.2) is 29.3 Å². The first-order valence-corrected chi connectivity index (χ1v) is 8.20. The van der Waals surface area contributed by atoms with Crippen LogP contribution in [-0.2, 0) is 4.74 Å². The van der Waals surface area contributed by atoms with E-state index >= 15 is 0 Å². The van der Waals surface area contributed by atoms with Crippen LogP contribution in [0.25, 0.3) is 0 Å². The fourth-order valence-electron chi connectivity index (χ4n) is 2.40. The van der Waals surface area contributed by atoms with Crippen LogP contribution in [0.1, 0.15) is 13.3 Å². The Morgan fingerprint density at radius 2 is 2.00 bits per heavy atom. The summed E-state index contributed by atoms with van der Waals surface area (Å²) in [6.45, 7) is 5.78. The Morgan fingerprint density at radius 3 is 2.70 bits per heavy atom. The fourth-order valence-corrected chi connectivity index (χ4v) is 3.49. The molecule has 4 nitrogen and oxygen atoms in total. The highest BCUT2D eigenvalue weighted by atomic mass is 32.2. The molecule has 0 aliphatic carbocycles. The molecule has 2 aliphatic heterocycles. The topological polar surface area (TPSA) is 36.9 Å². The summed E-state index contributed by atoms with van der Waals surface area (Å²) in [5.74, 6) is 1.15. The van der Waals surface area contributed by atoms with Gasteiger partial charge in [0.1, 0.15) is 0 Å². The Balaban J connectivity index is 1.63. The number of nitrogens with zero attached hydrogens (tertiary/aromatic N) is 2. The number of amidine groups is 1. The lowest BCUT2D eigenvalue weighted by molar-refractivity contribution is 0.122. The van der Waals surface area contributed by atoms with E-state index < -0.39 is 0 Å². The van der Waals surface area contributed by atoms with E-state index in [1.807, 2.05) is 0 Å². The quantitative estimate of drug-likeness (QED) is 0.909. The van der Waals surface area contributed by atoms with Crippen molar-refractivity contribution in [2.45, 2.75) is 19.4 Å². The Kier molecular flexibility index (Phi) is 4.47. The van der Waals surface area contributed by atoms with E-state index in [-0.39, 0.29) is 0 Å². The lowest BCUT2D eigenvalue weighted by Crippen LogP contribution is -2.36. The molecule has 0 aromatic heterocycles. The predicted molar refractivity (Wildman–Crippen MR) is 87.1 cm³/mol. The van der Waals surface area contributed by atoms with Gasteiger partial charge in [0.2, 0.25) is 0 Å². The molecule has 1 N–H and O–H groups in total. The largest absolute Gasteiger partial charge is 0.378 e. The van der Waals surface area contributed by atoms with E-state index in [1.54, 1.807) is 11.8 Å². The van der Waals surface area contributed by atoms with Gasteiger partial charge < -0.3 is 15.0 Å². The first kappa shape index (κ1) is 13.8. The van der Waals surface area contributed by atoms with Crippen molar-refractivity contribution in [3.8, 4) is 0 Å². The standard InChI is InChI=1S/C15H21N3OS/c1-12-6-11-20-15(16-12)17-13-2-4-14(5-3-13)18-7-9-19-10-8-18/h2-5,12H,6-11H2,1H3,(H,16,17). The molecule has 0 spiro atoms. The first-order chi connectivity index (χ1) is 9.81. The molecule has 2 aliphatic rings. The SMILES string of the molecule is CC1CCSC(Nc2ccc(N3CCOCC3)cc2)=N1. The Morgan fingerprint density at radius 1 is 1.25 bits per heavy atom. The maximum atomic E-state index is 5.38. The molecule has 0 saturated carbocycles. The maximum absolute atomic E-state index is 5.38. The molecule has 0 radical (unpaired) electrons. The molecular weight excluding hydrogens is 270 g/mol. The highest BCUT2D eigenvalue weighted by Crippen LogP contribution is 2.22. The van der Waals surface area contributed by atoms with Crippen LogP contribution >= 0.6 is 11.8 Å². The van der Waals surface area contributed by atoms with Crippen molar-refractivity contribution in [2.24, 2.45) is 4.99 Å². The summed E-state index contributed by atoms with van der Waals surface area (Å²) in [5.41, 5.74) is 2.38. The normalized spacial score (nSPS) is 23.4. The third-order valence-corrected chi connectivity index (χ3v) is 4.53. The van der Waals surface area contributed by atoms with Crippen molar-refractivity contribution < 1.29 is 4.74 Å². The Labute approximate surface area is 124 Å². The number of hydrogen-bond donors (Lipinski definition) is 1. The van der Waals surface area contributed by atoms with Crippen LogP contribution < -0.4 is 10.2 Å². The van der Waals surface area contributed by atoms with Crippen LogP contribution in [0.4, 0.5) is 11.4 Å². The van der Waals surface area contributed by atoms with Gasteiger partial charge in [-0.1, -0.05) is 11.8 Å². The van der Waals surface area contributed by atoms with Gasteiger partial charge in [0.15, 0.2) is 5.17 Å². The number of benzene rings is 1. The zero-order valence-electron chi connectivity index (χ0n) is 11.8. The number of morpholine rings is 1. The minimum absolute atomic E-state index is 0.436. The van der Waals surface area contributed by atoms with Crippen molar-refractivity contribution in [1.82, 2.24) is 0 Å². The lowest BCUT2D eigenvalue weighted by atomic mass is 10.2. The van der Waals surface area contributed by atoms with Gasteiger partial charge in [-0.3, -0.25) is 4.99 Å². The first-order valence-electron chi connectivity index (χ1n) is 7.21. The van der Waals surface area contributed by atoms with Gasteiger partial charge in [0.25, 0.3) is 0 Å². The number of ether oxygens (including phenoxy) is 1. The fraction of sp³-hybridized carbons (Fsp3) is 0.533. The smallest absolute Gasteiger partial charge is 0.161 e. The molecule has 108 valence electrons. The zero-order valence-corrected chi connectivity index (χ0v) is 12.7. The molecule has 2 heterocycles. The number of aliphatic imine (C=N–C) groups is 1. The van der Waals surface area contributed by atoms with E-state index in [9.17, 15) is 0 Å². The van der Waals surface area contributed by atoms with Crippen molar-refractivity contribution in [3.63, 3.8) is 0 Å². The summed E-state index contributed by atoms with van der Waals surface area (Å²) in [4.78, 5) is 6.99. The molecule has 0 bridgehead atoms. The molecule has 1 unspecified atom stereocenters. The second-order valence-corrected chi connectivity index (χ2v) is 6.28. The zero-order chi connectivity index (χ0) is 13.8. The van der Waals surface area contributed by atoms with Crippen LogP contribution in [0.2, 0.25) is 0 Å². The summed E-state index contributed by atoms with van der Waals surface area (Å²) < 4.78 is 5.38. The van der Waals surface area contributed by atoms with Gasteiger partial charge in [-0.2, -0.15) is 0 Å². The lowest BCUT2D eigenvalue weighted by Gasteiger charge is -2.29. The van der Waals surface area contributed by atoms with E-state index in [0.29, 0.717) is 6.04 Å². The minimum atomic E-state index is 0.436. The van der Waals surface area contributed by atoms with Gasteiger partial charge in [0, 0.05) is 30.2 Å². The van der Waals surface area contributed by atoms with Gasteiger partial charge >= 0.3 is 0 Å². The minimum Gasteiger partial charge on any atom is -0.378 e. The molecular formula is C15H21N3OS. The van der Waals surface area contributed by atoms with Crippen molar-refractivity contribution >= 4 is 28.3 Å². The van der Waals surface area contributed by atoms with Crippen LogP contribution in [0.3, 0.4) is 0 Å². The number of thioether (sulfide) groups is 1. The van der Waals surface area contributed by atoms with Crippen LogP contribution in [0, 0.1) is 0 Å². The van der Waals surface area contributed by atoms with E-state index in [1.165, 1.54) is 12.1 Å². The van der Waals surface area contributed by atoms with Crippen molar-refractivity contribution in [3.05, 3.63) is 24.3 Å². The van der Waals surface area contributed by atoms with Crippen LogP contribution in [0.5, 0.6) is 0 Å². The van der Waals surface area contributed by atoms with E-state index in [4.69, 9.17) is 4.74 Å². The van der Waals surface area contributed by atoms with Gasteiger partial charge in [-0.15, -0.1) is 0 Å². The van der Waals surface area contributed by atoms with Crippen molar-refractivity contribution in [2.75, 3.05) is 42.3 Å². The van der Waals surface area contributed by atoms with Crippen molar-refractivity contribution in [1.29, 1.82) is 0 Å². The molecule has 3 rings (SSSR count). The summed E-state index contributed by atoms with van der Waals surface area (Å²) in [6, 6.07) is 9.04. The third kappa shape index (κ3) is 3.46. The number of anilines is 2. The van der Waals surface area contributed by atoms with Gasteiger partial charge in [-0.05, 0) is 37.6 Å². The van der Waals surface area contributed by atoms with Gasteiger partial charge in [-0.25, -0.2) is 0 Å².